The predicted octanol–water partition coefficient (Wildman–Crippen LogP) is 3.45. The average molecular weight is 407 g/mol. The molecule has 0 saturated heterocycles. The summed E-state index contributed by atoms with van der Waals surface area (Å²) in [5.41, 5.74) is 2.88. The number of rotatable bonds is 6. The highest BCUT2D eigenvalue weighted by atomic mass is 32.1. The Morgan fingerprint density at radius 2 is 2.00 bits per heavy atom. The van der Waals surface area contributed by atoms with Crippen LogP contribution < -0.4 is 10.6 Å². The summed E-state index contributed by atoms with van der Waals surface area (Å²) >= 11 is 5.31. The number of carbonyl (C=O) groups is 2. The van der Waals surface area contributed by atoms with Gasteiger partial charge in [-0.25, -0.2) is 0 Å². The summed E-state index contributed by atoms with van der Waals surface area (Å²) in [6.45, 7) is 1.97. The summed E-state index contributed by atoms with van der Waals surface area (Å²) in [7, 11) is 0. The lowest BCUT2D eigenvalue weighted by atomic mass is 10.1. The van der Waals surface area contributed by atoms with Gasteiger partial charge in [-0.3, -0.25) is 19.3 Å². The van der Waals surface area contributed by atoms with E-state index in [-0.39, 0.29) is 24.4 Å². The molecule has 1 aromatic heterocycles. The van der Waals surface area contributed by atoms with Crippen LogP contribution >= 0.6 is 12.2 Å². The highest BCUT2D eigenvalue weighted by Crippen LogP contribution is 2.22. The van der Waals surface area contributed by atoms with E-state index in [4.69, 9.17) is 12.2 Å². The SMILES string of the molecule is Cc1cccc(-c2n[nH]c(=S)n2CC(=O)Nc2ccccc2C(=O)NC2CC2)c1. The van der Waals surface area contributed by atoms with Gasteiger partial charge in [0.2, 0.25) is 5.91 Å². The van der Waals surface area contributed by atoms with Crippen LogP contribution in [0.2, 0.25) is 0 Å². The van der Waals surface area contributed by atoms with Crippen LogP contribution in [0.25, 0.3) is 11.4 Å². The molecule has 8 heteroatoms. The first-order valence-corrected chi connectivity index (χ1v) is 9.84. The minimum atomic E-state index is -0.289. The zero-order valence-electron chi connectivity index (χ0n) is 15.9. The van der Waals surface area contributed by atoms with Gasteiger partial charge in [-0.15, -0.1) is 0 Å². The van der Waals surface area contributed by atoms with Gasteiger partial charge in [0.05, 0.1) is 11.3 Å². The van der Waals surface area contributed by atoms with Crippen molar-refractivity contribution in [2.45, 2.75) is 32.4 Å². The largest absolute Gasteiger partial charge is 0.349 e. The molecule has 0 aliphatic heterocycles. The number of amides is 2. The standard InChI is InChI=1S/C21H21N5O2S/c1-13-5-4-6-14(11-13)19-24-25-21(29)26(19)12-18(27)23-17-8-3-2-7-16(17)20(28)22-15-9-10-15/h2-8,11,15H,9-10,12H2,1H3,(H,22,28)(H,23,27)(H,25,29). The Bertz CT molecular complexity index is 1130. The molecule has 1 fully saturated rings. The van der Waals surface area contributed by atoms with E-state index in [2.05, 4.69) is 20.8 Å². The molecule has 1 aliphatic carbocycles. The van der Waals surface area contributed by atoms with E-state index in [1.165, 1.54) is 0 Å². The smallest absolute Gasteiger partial charge is 0.253 e. The Morgan fingerprint density at radius 3 is 2.76 bits per heavy atom. The number of aryl methyl sites for hydroxylation is 1. The topological polar surface area (TPSA) is 91.8 Å². The van der Waals surface area contributed by atoms with Crippen LogP contribution in [0.15, 0.2) is 48.5 Å². The van der Waals surface area contributed by atoms with E-state index < -0.39 is 0 Å². The molecule has 1 saturated carbocycles. The van der Waals surface area contributed by atoms with Crippen LogP contribution in [0.5, 0.6) is 0 Å². The highest BCUT2D eigenvalue weighted by Gasteiger charge is 2.25. The molecule has 0 radical (unpaired) electrons. The Morgan fingerprint density at radius 1 is 1.21 bits per heavy atom. The number of hydrogen-bond acceptors (Lipinski definition) is 4. The van der Waals surface area contributed by atoms with Crippen molar-refractivity contribution in [1.82, 2.24) is 20.1 Å². The summed E-state index contributed by atoms with van der Waals surface area (Å²) in [5.74, 6) is 0.125. The van der Waals surface area contributed by atoms with Crippen LogP contribution in [-0.2, 0) is 11.3 Å². The van der Waals surface area contributed by atoms with Gasteiger partial charge in [0, 0.05) is 11.6 Å². The number of nitrogens with zero attached hydrogens (tertiary/aromatic N) is 2. The molecule has 7 nitrogen and oxygen atoms in total. The Kier molecular flexibility index (Phi) is 5.26. The zero-order chi connectivity index (χ0) is 20.4. The number of H-pyrrole nitrogens is 1. The van der Waals surface area contributed by atoms with Gasteiger partial charge in [-0.2, -0.15) is 5.10 Å². The molecule has 1 aliphatic rings. The number of hydrogen-bond donors (Lipinski definition) is 3. The summed E-state index contributed by atoms with van der Waals surface area (Å²) in [4.78, 5) is 25.2. The van der Waals surface area contributed by atoms with Crippen LogP contribution in [0, 0.1) is 11.7 Å². The van der Waals surface area contributed by atoms with Gasteiger partial charge < -0.3 is 10.6 Å². The van der Waals surface area contributed by atoms with Gasteiger partial charge in [0.15, 0.2) is 10.6 Å². The summed E-state index contributed by atoms with van der Waals surface area (Å²) in [5, 5.41) is 12.8. The lowest BCUT2D eigenvalue weighted by Crippen LogP contribution is -2.27. The van der Waals surface area contributed by atoms with Gasteiger partial charge in [0.25, 0.3) is 5.91 Å². The Labute approximate surface area is 173 Å². The molecular weight excluding hydrogens is 386 g/mol. The monoisotopic (exact) mass is 407 g/mol. The molecule has 29 heavy (non-hydrogen) atoms. The van der Waals surface area contributed by atoms with Crippen molar-refractivity contribution in [2.24, 2.45) is 0 Å². The molecule has 0 unspecified atom stereocenters. The third-order valence-corrected chi connectivity index (χ3v) is 5.01. The van der Waals surface area contributed by atoms with E-state index in [9.17, 15) is 9.59 Å². The number of nitrogens with one attached hydrogen (secondary N) is 3. The Hall–Kier alpha value is -3.26. The fourth-order valence-electron chi connectivity index (χ4n) is 3.08. The molecule has 2 aromatic carbocycles. The van der Waals surface area contributed by atoms with E-state index >= 15 is 0 Å². The molecule has 0 spiro atoms. The second kappa shape index (κ2) is 8.00. The van der Waals surface area contributed by atoms with E-state index in [0.29, 0.717) is 21.8 Å². The number of anilines is 1. The maximum Gasteiger partial charge on any atom is 0.253 e. The van der Waals surface area contributed by atoms with Crippen molar-refractivity contribution in [3.05, 3.63) is 64.4 Å². The fraction of sp³-hybridized carbons (Fsp3) is 0.238. The molecule has 1 heterocycles. The lowest BCUT2D eigenvalue weighted by molar-refractivity contribution is -0.116. The van der Waals surface area contributed by atoms with Crippen molar-refractivity contribution in [2.75, 3.05) is 5.32 Å². The maximum atomic E-state index is 12.7. The van der Waals surface area contributed by atoms with E-state index in [1.54, 1.807) is 28.8 Å². The first kappa shape index (κ1) is 19.1. The number of carbonyl (C=O) groups excluding carboxylic acids is 2. The Balaban J connectivity index is 1.54. The molecule has 0 bridgehead atoms. The minimum Gasteiger partial charge on any atom is -0.349 e. The molecule has 2 amide bonds. The second-order valence-electron chi connectivity index (χ2n) is 7.15. The van der Waals surface area contributed by atoms with Crippen molar-refractivity contribution in [3.8, 4) is 11.4 Å². The third-order valence-electron chi connectivity index (χ3n) is 4.69. The number of aromatic nitrogens is 3. The number of aromatic amines is 1. The summed E-state index contributed by atoms with van der Waals surface area (Å²) < 4.78 is 2.00. The second-order valence-corrected chi connectivity index (χ2v) is 7.54. The van der Waals surface area contributed by atoms with Crippen LogP contribution in [0.3, 0.4) is 0 Å². The van der Waals surface area contributed by atoms with Crippen LogP contribution in [0.1, 0.15) is 28.8 Å². The van der Waals surface area contributed by atoms with E-state index in [0.717, 1.165) is 24.0 Å². The van der Waals surface area contributed by atoms with Gasteiger partial charge in [-0.1, -0.05) is 35.9 Å². The van der Waals surface area contributed by atoms with Crippen LogP contribution in [-0.4, -0.2) is 32.6 Å². The van der Waals surface area contributed by atoms with Gasteiger partial charge >= 0.3 is 0 Å². The zero-order valence-corrected chi connectivity index (χ0v) is 16.8. The molecular formula is C21H21N5O2S. The van der Waals surface area contributed by atoms with Crippen molar-refractivity contribution < 1.29 is 9.59 Å². The molecule has 3 aromatic rings. The van der Waals surface area contributed by atoms with Crippen molar-refractivity contribution >= 4 is 29.7 Å². The lowest BCUT2D eigenvalue weighted by Gasteiger charge is -2.12. The maximum absolute atomic E-state index is 12.7. The summed E-state index contributed by atoms with van der Waals surface area (Å²) in [6.07, 6.45) is 2.00. The van der Waals surface area contributed by atoms with Crippen LogP contribution in [0.4, 0.5) is 5.69 Å². The average Bonchev–Trinajstić information content (AvgIpc) is 3.44. The molecule has 3 N–H and O–H groups in total. The normalized spacial score (nSPS) is 13.1. The molecule has 4 rings (SSSR count). The van der Waals surface area contributed by atoms with Crippen molar-refractivity contribution in [3.63, 3.8) is 0 Å². The predicted molar refractivity (Wildman–Crippen MR) is 113 cm³/mol. The summed E-state index contributed by atoms with van der Waals surface area (Å²) in [6, 6.07) is 15.1. The molecule has 148 valence electrons. The quantitative estimate of drug-likeness (QED) is 0.546. The van der Waals surface area contributed by atoms with E-state index in [1.807, 2.05) is 31.2 Å². The number of para-hydroxylation sites is 1. The first-order chi connectivity index (χ1) is 14.0. The third kappa shape index (κ3) is 4.43. The molecule has 0 atom stereocenters. The van der Waals surface area contributed by atoms with Crippen molar-refractivity contribution in [1.29, 1.82) is 0 Å². The highest BCUT2D eigenvalue weighted by molar-refractivity contribution is 7.71. The number of benzene rings is 2. The minimum absolute atomic E-state index is 0.0167. The van der Waals surface area contributed by atoms with Gasteiger partial charge in [-0.05, 0) is 50.2 Å². The fourth-order valence-corrected chi connectivity index (χ4v) is 3.28. The first-order valence-electron chi connectivity index (χ1n) is 9.43. The van der Waals surface area contributed by atoms with Gasteiger partial charge in [0.1, 0.15) is 6.54 Å².